The maximum atomic E-state index is 12.9. The number of hydrogen-bond acceptors (Lipinski definition) is 4. The van der Waals surface area contributed by atoms with Crippen LogP contribution in [-0.2, 0) is 14.8 Å². The van der Waals surface area contributed by atoms with Crippen LogP contribution in [0.2, 0.25) is 0 Å². The molecular formula is C22H25N3O4S. The van der Waals surface area contributed by atoms with Crippen LogP contribution < -0.4 is 10.6 Å². The highest BCUT2D eigenvalue weighted by atomic mass is 32.2. The molecule has 0 bridgehead atoms. The van der Waals surface area contributed by atoms with Crippen LogP contribution in [0, 0.1) is 5.92 Å². The number of nitrogens with zero attached hydrogens (tertiary/aromatic N) is 1. The third-order valence-corrected chi connectivity index (χ3v) is 7.02. The molecule has 30 heavy (non-hydrogen) atoms. The number of benzene rings is 2. The second-order valence-electron chi connectivity index (χ2n) is 7.14. The van der Waals surface area contributed by atoms with Gasteiger partial charge in [-0.1, -0.05) is 24.8 Å². The summed E-state index contributed by atoms with van der Waals surface area (Å²) in [7, 11) is -3.60. The van der Waals surface area contributed by atoms with E-state index in [9.17, 15) is 18.0 Å². The molecule has 2 aromatic rings. The molecule has 0 spiro atoms. The Bertz CT molecular complexity index is 996. The number of nitrogens with one attached hydrogen (secondary N) is 2. The Labute approximate surface area is 176 Å². The van der Waals surface area contributed by atoms with Crippen LogP contribution in [0.15, 0.2) is 72.1 Å². The van der Waals surface area contributed by atoms with Gasteiger partial charge in [-0.05, 0) is 61.2 Å². The largest absolute Gasteiger partial charge is 0.352 e. The van der Waals surface area contributed by atoms with E-state index in [0.29, 0.717) is 43.7 Å². The van der Waals surface area contributed by atoms with Crippen molar-refractivity contribution in [2.75, 3.05) is 25.0 Å². The van der Waals surface area contributed by atoms with E-state index >= 15 is 0 Å². The van der Waals surface area contributed by atoms with E-state index in [2.05, 4.69) is 17.2 Å². The van der Waals surface area contributed by atoms with Gasteiger partial charge in [0.1, 0.15) is 0 Å². The van der Waals surface area contributed by atoms with E-state index < -0.39 is 10.0 Å². The van der Waals surface area contributed by atoms with Crippen LogP contribution in [0.1, 0.15) is 23.2 Å². The lowest BCUT2D eigenvalue weighted by Crippen LogP contribution is -2.41. The van der Waals surface area contributed by atoms with Gasteiger partial charge in [-0.3, -0.25) is 9.59 Å². The van der Waals surface area contributed by atoms with E-state index in [4.69, 9.17) is 0 Å². The number of hydrogen-bond donors (Lipinski definition) is 2. The van der Waals surface area contributed by atoms with Gasteiger partial charge in [-0.2, -0.15) is 4.31 Å². The number of sulfonamides is 1. The van der Waals surface area contributed by atoms with Crippen LogP contribution in [0.25, 0.3) is 0 Å². The van der Waals surface area contributed by atoms with E-state index in [1.54, 1.807) is 24.3 Å². The standard InChI is InChI=1S/C22H25N3O4S/c1-2-21(26)24-19-8-10-20(11-9-19)30(28,29)25-14-12-17(13-15-25)16-23-22(27)18-6-4-3-5-7-18/h2-11,17H,1,12-16H2,(H,23,27)(H,24,26). The summed E-state index contributed by atoms with van der Waals surface area (Å²) >= 11 is 0. The average Bonchev–Trinajstić information content (AvgIpc) is 2.78. The van der Waals surface area contributed by atoms with Gasteiger partial charge in [0.15, 0.2) is 0 Å². The maximum Gasteiger partial charge on any atom is 0.251 e. The SMILES string of the molecule is C=CC(=O)Nc1ccc(S(=O)(=O)N2CCC(CNC(=O)c3ccccc3)CC2)cc1. The molecule has 8 heteroatoms. The zero-order valence-corrected chi connectivity index (χ0v) is 17.4. The van der Waals surface area contributed by atoms with E-state index in [1.807, 2.05) is 18.2 Å². The predicted molar refractivity (Wildman–Crippen MR) is 116 cm³/mol. The third-order valence-electron chi connectivity index (χ3n) is 5.11. The van der Waals surface area contributed by atoms with Gasteiger partial charge in [0.2, 0.25) is 15.9 Å². The summed E-state index contributed by atoms with van der Waals surface area (Å²) in [5, 5.41) is 5.52. The molecule has 0 radical (unpaired) electrons. The van der Waals surface area contributed by atoms with Crippen molar-refractivity contribution in [1.29, 1.82) is 0 Å². The summed E-state index contributed by atoms with van der Waals surface area (Å²) < 4.78 is 27.2. The lowest BCUT2D eigenvalue weighted by atomic mass is 9.98. The fraction of sp³-hybridized carbons (Fsp3) is 0.273. The van der Waals surface area contributed by atoms with Crippen LogP contribution >= 0.6 is 0 Å². The molecule has 0 unspecified atom stereocenters. The molecule has 2 amide bonds. The topological polar surface area (TPSA) is 95.6 Å². The van der Waals surface area contributed by atoms with Gasteiger partial charge in [0, 0.05) is 30.9 Å². The van der Waals surface area contributed by atoms with Gasteiger partial charge in [-0.25, -0.2) is 8.42 Å². The van der Waals surface area contributed by atoms with Gasteiger partial charge < -0.3 is 10.6 Å². The zero-order valence-electron chi connectivity index (χ0n) is 16.6. The van der Waals surface area contributed by atoms with E-state index in [0.717, 1.165) is 6.08 Å². The first kappa shape index (κ1) is 21.7. The normalized spacial score (nSPS) is 15.3. The molecule has 1 saturated heterocycles. The van der Waals surface area contributed by atoms with Crippen LogP contribution in [0.5, 0.6) is 0 Å². The lowest BCUT2D eigenvalue weighted by Gasteiger charge is -2.31. The number of rotatable bonds is 7. The highest BCUT2D eigenvalue weighted by Crippen LogP contribution is 2.24. The van der Waals surface area contributed by atoms with Crippen molar-refractivity contribution in [2.24, 2.45) is 5.92 Å². The smallest absolute Gasteiger partial charge is 0.251 e. The maximum absolute atomic E-state index is 12.9. The van der Waals surface area contributed by atoms with Crippen molar-refractivity contribution in [3.63, 3.8) is 0 Å². The molecule has 0 aliphatic carbocycles. The third kappa shape index (κ3) is 5.34. The van der Waals surface area contributed by atoms with Gasteiger partial charge in [0.25, 0.3) is 5.91 Å². The quantitative estimate of drug-likeness (QED) is 0.664. The average molecular weight is 428 g/mol. The molecule has 0 saturated carbocycles. The van der Waals surface area contributed by atoms with Gasteiger partial charge in [0.05, 0.1) is 4.90 Å². The first-order valence-electron chi connectivity index (χ1n) is 9.77. The molecule has 158 valence electrons. The lowest BCUT2D eigenvalue weighted by molar-refractivity contribution is -0.111. The van der Waals surface area contributed by atoms with E-state index in [1.165, 1.54) is 16.4 Å². The van der Waals surface area contributed by atoms with Crippen molar-refractivity contribution in [2.45, 2.75) is 17.7 Å². The Balaban J connectivity index is 1.53. The molecule has 0 aromatic heterocycles. The molecule has 1 fully saturated rings. The van der Waals surface area contributed by atoms with Crippen molar-refractivity contribution < 1.29 is 18.0 Å². The highest BCUT2D eigenvalue weighted by molar-refractivity contribution is 7.89. The minimum atomic E-state index is -3.60. The molecule has 0 atom stereocenters. The number of carbonyl (C=O) groups is 2. The molecule has 2 aromatic carbocycles. The molecule has 2 N–H and O–H groups in total. The Hall–Kier alpha value is -2.97. The van der Waals surface area contributed by atoms with Crippen LogP contribution in [0.3, 0.4) is 0 Å². The Kier molecular flexibility index (Phi) is 7.02. The first-order valence-corrected chi connectivity index (χ1v) is 11.2. The summed E-state index contributed by atoms with van der Waals surface area (Å²) in [6.07, 6.45) is 2.51. The molecule has 1 heterocycles. The Morgan fingerprint density at radius 1 is 1.03 bits per heavy atom. The molecule has 3 rings (SSSR count). The van der Waals surface area contributed by atoms with Crippen LogP contribution in [0.4, 0.5) is 5.69 Å². The Morgan fingerprint density at radius 3 is 2.27 bits per heavy atom. The zero-order chi connectivity index (χ0) is 21.6. The number of anilines is 1. The number of carbonyl (C=O) groups excluding carboxylic acids is 2. The molecule has 1 aliphatic heterocycles. The van der Waals surface area contributed by atoms with Gasteiger partial charge in [-0.15, -0.1) is 0 Å². The summed E-state index contributed by atoms with van der Waals surface area (Å²) in [5.74, 6) is -0.234. The minimum Gasteiger partial charge on any atom is -0.352 e. The van der Waals surface area contributed by atoms with E-state index in [-0.39, 0.29) is 22.6 Å². The van der Waals surface area contributed by atoms with Crippen molar-refractivity contribution >= 4 is 27.5 Å². The minimum absolute atomic E-state index is 0.116. The molecular weight excluding hydrogens is 402 g/mol. The number of amides is 2. The summed E-state index contributed by atoms with van der Waals surface area (Å²) in [5.41, 5.74) is 1.12. The predicted octanol–water partition coefficient (Wildman–Crippen LogP) is 2.64. The first-order chi connectivity index (χ1) is 14.4. The van der Waals surface area contributed by atoms with Crippen molar-refractivity contribution in [3.8, 4) is 0 Å². The fourth-order valence-electron chi connectivity index (χ4n) is 3.33. The van der Waals surface area contributed by atoms with Crippen molar-refractivity contribution in [3.05, 3.63) is 72.8 Å². The summed E-state index contributed by atoms with van der Waals surface area (Å²) in [4.78, 5) is 23.7. The highest BCUT2D eigenvalue weighted by Gasteiger charge is 2.29. The Morgan fingerprint density at radius 2 is 1.67 bits per heavy atom. The van der Waals surface area contributed by atoms with Crippen LogP contribution in [-0.4, -0.2) is 44.2 Å². The summed E-state index contributed by atoms with van der Waals surface area (Å²) in [6.45, 7) is 4.72. The second kappa shape index (κ2) is 9.69. The molecule has 1 aliphatic rings. The monoisotopic (exact) mass is 427 g/mol. The van der Waals surface area contributed by atoms with Gasteiger partial charge >= 0.3 is 0 Å². The number of piperidine rings is 1. The molecule has 7 nitrogen and oxygen atoms in total. The van der Waals surface area contributed by atoms with Crippen molar-refractivity contribution in [1.82, 2.24) is 9.62 Å². The fourth-order valence-corrected chi connectivity index (χ4v) is 4.80. The second-order valence-corrected chi connectivity index (χ2v) is 9.08. The summed E-state index contributed by atoms with van der Waals surface area (Å²) in [6, 6.07) is 15.1.